The van der Waals surface area contributed by atoms with Gasteiger partial charge in [-0.15, -0.1) is 0 Å². The zero-order chi connectivity index (χ0) is 10.1. The van der Waals surface area contributed by atoms with Crippen LogP contribution in [0, 0.1) is 0 Å². The van der Waals surface area contributed by atoms with Gasteiger partial charge in [0.1, 0.15) is 12.4 Å². The van der Waals surface area contributed by atoms with Crippen molar-refractivity contribution in [3.63, 3.8) is 0 Å². The van der Waals surface area contributed by atoms with Gasteiger partial charge in [-0.3, -0.25) is 9.36 Å². The molecule has 2 rings (SSSR count). The summed E-state index contributed by atoms with van der Waals surface area (Å²) in [7, 11) is 0. The minimum atomic E-state index is -0.539. The minimum Gasteiger partial charge on any atom is -0.368 e. The average molecular weight is 196 g/mol. The number of carbonyl (C=O) groups is 1. The van der Waals surface area contributed by atoms with Crippen LogP contribution in [-0.4, -0.2) is 20.3 Å². The Labute approximate surface area is 80.3 Å². The lowest BCUT2D eigenvalue weighted by atomic mass is 10.2. The monoisotopic (exact) mass is 196 g/mol. The molecule has 0 fully saturated rings. The quantitative estimate of drug-likeness (QED) is 0.649. The zero-order valence-electron chi connectivity index (χ0n) is 7.77. The van der Waals surface area contributed by atoms with Crippen LogP contribution in [0.3, 0.4) is 0 Å². The van der Waals surface area contributed by atoms with Gasteiger partial charge in [-0.1, -0.05) is 0 Å². The molecule has 0 spiro atoms. The van der Waals surface area contributed by atoms with Crippen LogP contribution >= 0.6 is 0 Å². The van der Waals surface area contributed by atoms with E-state index in [0.29, 0.717) is 6.54 Å². The fourth-order valence-electron chi connectivity index (χ4n) is 1.70. The minimum absolute atomic E-state index is 0.126. The molecular formula is C8H12N4O2. The number of amides is 1. The Morgan fingerprint density at radius 3 is 2.93 bits per heavy atom. The molecular weight excluding hydrogens is 184 g/mol. The maximum atomic E-state index is 11.6. The molecule has 0 unspecified atom stereocenters. The third-order valence-electron chi connectivity index (χ3n) is 2.34. The van der Waals surface area contributed by atoms with Crippen LogP contribution in [0.2, 0.25) is 0 Å². The van der Waals surface area contributed by atoms with Gasteiger partial charge in [0.25, 0.3) is 0 Å². The Hall–Kier alpha value is -1.59. The lowest BCUT2D eigenvalue weighted by Gasteiger charge is -2.09. The second-order valence-electron chi connectivity index (χ2n) is 3.43. The summed E-state index contributed by atoms with van der Waals surface area (Å²) >= 11 is 0. The zero-order valence-corrected chi connectivity index (χ0v) is 7.77. The summed E-state index contributed by atoms with van der Waals surface area (Å²) in [6, 6.07) is 0. The van der Waals surface area contributed by atoms with E-state index in [4.69, 9.17) is 5.73 Å². The Morgan fingerprint density at radius 1 is 1.50 bits per heavy atom. The Bertz CT molecular complexity index is 417. The molecule has 0 saturated carbocycles. The van der Waals surface area contributed by atoms with Gasteiger partial charge in [-0.25, -0.2) is 9.48 Å². The Morgan fingerprint density at radius 2 is 2.29 bits per heavy atom. The highest BCUT2D eigenvalue weighted by atomic mass is 16.2. The molecule has 1 aromatic heterocycles. The molecule has 14 heavy (non-hydrogen) atoms. The second-order valence-corrected chi connectivity index (χ2v) is 3.43. The van der Waals surface area contributed by atoms with Crippen molar-refractivity contribution in [1.29, 1.82) is 0 Å². The third-order valence-corrected chi connectivity index (χ3v) is 2.34. The third kappa shape index (κ3) is 1.43. The molecule has 2 N–H and O–H groups in total. The lowest BCUT2D eigenvalue weighted by molar-refractivity contribution is -0.118. The Balaban J connectivity index is 2.38. The van der Waals surface area contributed by atoms with E-state index in [1.165, 1.54) is 0 Å². The van der Waals surface area contributed by atoms with E-state index in [9.17, 15) is 9.59 Å². The number of nitrogens with two attached hydrogens (primary N) is 1. The predicted octanol–water partition coefficient (Wildman–Crippen LogP) is -1.13. The van der Waals surface area contributed by atoms with Crippen LogP contribution in [0.5, 0.6) is 0 Å². The highest BCUT2D eigenvalue weighted by Gasteiger charge is 2.16. The fourth-order valence-corrected chi connectivity index (χ4v) is 1.70. The number of carbonyl (C=O) groups excluding carboxylic acids is 1. The first-order chi connectivity index (χ1) is 6.68. The summed E-state index contributed by atoms with van der Waals surface area (Å²) < 4.78 is 2.76. The average Bonchev–Trinajstić information content (AvgIpc) is 2.44. The number of aryl methyl sites for hydroxylation is 1. The van der Waals surface area contributed by atoms with Gasteiger partial charge in [-0.2, -0.15) is 5.10 Å². The van der Waals surface area contributed by atoms with Crippen molar-refractivity contribution in [2.75, 3.05) is 0 Å². The number of hydrogen-bond acceptors (Lipinski definition) is 3. The number of nitrogens with zero attached hydrogens (tertiary/aromatic N) is 3. The molecule has 0 radical (unpaired) electrons. The van der Waals surface area contributed by atoms with E-state index < -0.39 is 5.91 Å². The summed E-state index contributed by atoms with van der Waals surface area (Å²) in [5, 5.41) is 4.06. The van der Waals surface area contributed by atoms with Crippen molar-refractivity contribution in [2.24, 2.45) is 5.73 Å². The van der Waals surface area contributed by atoms with E-state index in [-0.39, 0.29) is 12.2 Å². The van der Waals surface area contributed by atoms with Crippen molar-refractivity contribution in [2.45, 2.75) is 32.4 Å². The Kier molecular flexibility index (Phi) is 2.11. The molecule has 6 heteroatoms. The van der Waals surface area contributed by atoms with Crippen molar-refractivity contribution >= 4 is 5.91 Å². The number of hydrogen-bond donors (Lipinski definition) is 1. The molecule has 1 aliphatic rings. The smallest absolute Gasteiger partial charge is 0.346 e. The summed E-state index contributed by atoms with van der Waals surface area (Å²) in [5.41, 5.74) is 4.78. The van der Waals surface area contributed by atoms with Crippen LogP contribution in [0.15, 0.2) is 4.79 Å². The van der Waals surface area contributed by atoms with Gasteiger partial charge in [0.2, 0.25) is 5.91 Å². The van der Waals surface area contributed by atoms with E-state index >= 15 is 0 Å². The van der Waals surface area contributed by atoms with Crippen LogP contribution in [-0.2, 0) is 24.3 Å². The normalized spacial score (nSPS) is 15.1. The van der Waals surface area contributed by atoms with Crippen molar-refractivity contribution in [3.8, 4) is 0 Å². The summed E-state index contributed by atoms with van der Waals surface area (Å²) in [6.45, 7) is 0.575. The molecule has 0 atom stereocenters. The molecule has 6 nitrogen and oxygen atoms in total. The molecule has 0 aromatic carbocycles. The molecule has 0 saturated heterocycles. The standard InChI is InChI=1S/C8H12N4O2/c9-6(13)5-12-8(14)11-4-2-1-3-7(11)10-12/h1-5H2,(H2,9,13). The van der Waals surface area contributed by atoms with Crippen molar-refractivity contribution in [3.05, 3.63) is 16.3 Å². The first-order valence-corrected chi connectivity index (χ1v) is 4.63. The van der Waals surface area contributed by atoms with E-state index in [2.05, 4.69) is 5.10 Å². The van der Waals surface area contributed by atoms with Crippen LogP contribution < -0.4 is 11.4 Å². The van der Waals surface area contributed by atoms with Gasteiger partial charge >= 0.3 is 5.69 Å². The van der Waals surface area contributed by atoms with Gasteiger partial charge in [0.15, 0.2) is 0 Å². The van der Waals surface area contributed by atoms with Crippen molar-refractivity contribution in [1.82, 2.24) is 14.3 Å². The number of fused-ring (bicyclic) bond motifs is 1. The first-order valence-electron chi connectivity index (χ1n) is 4.63. The predicted molar refractivity (Wildman–Crippen MR) is 48.6 cm³/mol. The van der Waals surface area contributed by atoms with E-state index in [1.54, 1.807) is 4.57 Å². The highest BCUT2D eigenvalue weighted by Crippen LogP contribution is 2.08. The molecule has 2 heterocycles. The maximum Gasteiger partial charge on any atom is 0.346 e. The molecule has 0 bridgehead atoms. The first kappa shape index (κ1) is 8.98. The van der Waals surface area contributed by atoms with E-state index in [1.807, 2.05) is 0 Å². The molecule has 0 aliphatic carbocycles. The summed E-state index contributed by atoms with van der Waals surface area (Å²) in [5.74, 6) is 0.227. The van der Waals surface area contributed by atoms with Gasteiger partial charge in [0, 0.05) is 13.0 Å². The van der Waals surface area contributed by atoms with Crippen LogP contribution in [0.4, 0.5) is 0 Å². The van der Waals surface area contributed by atoms with E-state index in [0.717, 1.165) is 29.8 Å². The van der Waals surface area contributed by atoms with Gasteiger partial charge in [-0.05, 0) is 12.8 Å². The second kappa shape index (κ2) is 3.28. The fraction of sp³-hybridized carbons (Fsp3) is 0.625. The number of aromatic nitrogens is 3. The number of primary amides is 1. The largest absolute Gasteiger partial charge is 0.368 e. The molecule has 1 aromatic rings. The summed E-state index contributed by atoms with van der Waals surface area (Å²) in [4.78, 5) is 22.3. The van der Waals surface area contributed by atoms with Crippen LogP contribution in [0.1, 0.15) is 18.7 Å². The highest BCUT2D eigenvalue weighted by molar-refractivity contribution is 5.73. The molecule has 1 aliphatic heterocycles. The van der Waals surface area contributed by atoms with Crippen molar-refractivity contribution < 1.29 is 4.79 Å². The van der Waals surface area contributed by atoms with Crippen LogP contribution in [0.25, 0.3) is 0 Å². The SMILES string of the molecule is NC(=O)Cn1nc2n(c1=O)CCCC2. The maximum absolute atomic E-state index is 11.6. The molecule has 1 amide bonds. The number of rotatable bonds is 2. The summed E-state index contributed by atoms with van der Waals surface area (Å²) in [6.07, 6.45) is 2.85. The topological polar surface area (TPSA) is 82.9 Å². The van der Waals surface area contributed by atoms with Gasteiger partial charge < -0.3 is 5.73 Å². The molecule has 76 valence electrons. The van der Waals surface area contributed by atoms with Gasteiger partial charge in [0.05, 0.1) is 0 Å². The lowest BCUT2D eigenvalue weighted by Crippen LogP contribution is -2.31.